The molecule has 0 bridgehead atoms. The van der Waals surface area contributed by atoms with E-state index in [2.05, 4.69) is 4.40 Å². The summed E-state index contributed by atoms with van der Waals surface area (Å²) in [6.45, 7) is 3.96. The normalized spacial score (nSPS) is 21.6. The second kappa shape index (κ2) is 7.13. The van der Waals surface area contributed by atoms with E-state index in [1.54, 1.807) is 35.0 Å². The monoisotopic (exact) mass is 365 g/mol. The van der Waals surface area contributed by atoms with Gasteiger partial charge in [-0.25, -0.2) is 0 Å². The molecular formula is C17H23N3O4S. The highest BCUT2D eigenvalue weighted by molar-refractivity contribution is 7.90. The van der Waals surface area contributed by atoms with Gasteiger partial charge in [-0.05, 0) is 31.9 Å². The minimum atomic E-state index is -3.68. The van der Waals surface area contributed by atoms with Gasteiger partial charge >= 0.3 is 0 Å². The fourth-order valence-corrected chi connectivity index (χ4v) is 4.53. The van der Waals surface area contributed by atoms with Crippen molar-refractivity contribution in [2.24, 2.45) is 4.40 Å². The second-order valence-corrected chi connectivity index (χ2v) is 7.87. The van der Waals surface area contributed by atoms with Gasteiger partial charge in [-0.2, -0.15) is 8.42 Å². The quantitative estimate of drug-likeness (QED) is 0.798. The highest BCUT2D eigenvalue weighted by atomic mass is 32.2. The van der Waals surface area contributed by atoms with Crippen LogP contribution in [0.5, 0.6) is 0 Å². The van der Waals surface area contributed by atoms with Gasteiger partial charge in [0, 0.05) is 32.3 Å². The van der Waals surface area contributed by atoms with Crippen LogP contribution in [0.4, 0.5) is 0 Å². The van der Waals surface area contributed by atoms with Gasteiger partial charge in [-0.15, -0.1) is 4.40 Å². The lowest BCUT2D eigenvalue weighted by molar-refractivity contribution is -0.135. The average Bonchev–Trinajstić information content (AvgIpc) is 2.87. The number of amidine groups is 1. The van der Waals surface area contributed by atoms with Crippen molar-refractivity contribution in [3.05, 3.63) is 29.8 Å². The third-order valence-electron chi connectivity index (χ3n) is 4.48. The van der Waals surface area contributed by atoms with Crippen molar-refractivity contribution in [2.45, 2.75) is 30.8 Å². The number of likely N-dealkylation sites (tertiary alicyclic amines) is 1. The highest BCUT2D eigenvalue weighted by Gasteiger charge is 2.32. The summed E-state index contributed by atoms with van der Waals surface area (Å²) >= 11 is 0. The van der Waals surface area contributed by atoms with Crippen LogP contribution in [0.25, 0.3) is 0 Å². The first-order valence-corrected chi connectivity index (χ1v) is 9.91. The molecule has 0 saturated carbocycles. The third-order valence-corrected chi connectivity index (χ3v) is 5.80. The molecule has 1 aromatic rings. The number of piperidine rings is 1. The number of ether oxygens (including phenoxy) is 1. The summed E-state index contributed by atoms with van der Waals surface area (Å²) in [5.74, 6) is 0.277. The molecule has 0 radical (unpaired) electrons. The maximum Gasteiger partial charge on any atom is 0.285 e. The van der Waals surface area contributed by atoms with Gasteiger partial charge in [0.05, 0.1) is 12.6 Å². The first-order valence-electron chi connectivity index (χ1n) is 8.47. The zero-order valence-corrected chi connectivity index (χ0v) is 15.3. The smallest absolute Gasteiger partial charge is 0.285 e. The van der Waals surface area contributed by atoms with Crippen molar-refractivity contribution < 1.29 is 17.9 Å². The van der Waals surface area contributed by atoms with Crippen LogP contribution in [-0.4, -0.2) is 69.4 Å². The number of nitrogens with zero attached hydrogens (tertiary/aromatic N) is 3. The molecule has 3 rings (SSSR count). The van der Waals surface area contributed by atoms with Crippen LogP contribution in [0, 0.1) is 0 Å². The molecule has 0 N–H and O–H groups in total. The van der Waals surface area contributed by atoms with Crippen LogP contribution in [-0.2, 0) is 19.6 Å². The summed E-state index contributed by atoms with van der Waals surface area (Å²) in [4.78, 5) is 16.2. The molecule has 0 aromatic heterocycles. The number of fused-ring (bicyclic) bond motifs is 1. The molecule has 25 heavy (non-hydrogen) atoms. The molecule has 1 atom stereocenters. The number of carbonyl (C=O) groups excluding carboxylic acids is 1. The van der Waals surface area contributed by atoms with Crippen LogP contribution in [0.3, 0.4) is 0 Å². The topological polar surface area (TPSA) is 79.3 Å². The van der Waals surface area contributed by atoms with Crippen LogP contribution < -0.4 is 0 Å². The van der Waals surface area contributed by atoms with Crippen LogP contribution in [0.1, 0.15) is 25.3 Å². The Hall–Kier alpha value is -1.93. The van der Waals surface area contributed by atoms with Crippen molar-refractivity contribution in [1.29, 1.82) is 0 Å². The number of hydrogen-bond acceptors (Lipinski definition) is 5. The first-order chi connectivity index (χ1) is 11.9. The second-order valence-electron chi connectivity index (χ2n) is 6.30. The zero-order chi connectivity index (χ0) is 18.0. The predicted octanol–water partition coefficient (Wildman–Crippen LogP) is 1.09. The molecule has 2 heterocycles. The maximum absolute atomic E-state index is 12.6. The Balaban J connectivity index is 1.70. The lowest BCUT2D eigenvalue weighted by atomic mass is 10.1. The molecule has 7 nitrogen and oxygen atoms in total. The van der Waals surface area contributed by atoms with Crippen LogP contribution >= 0.6 is 0 Å². The van der Waals surface area contributed by atoms with Crippen molar-refractivity contribution in [2.75, 3.05) is 33.3 Å². The number of hydrogen-bond donors (Lipinski definition) is 0. The fraction of sp³-hybridized carbons (Fsp3) is 0.529. The lowest BCUT2D eigenvalue weighted by Crippen LogP contribution is -2.47. The zero-order valence-electron chi connectivity index (χ0n) is 14.5. The van der Waals surface area contributed by atoms with E-state index in [9.17, 15) is 13.2 Å². The van der Waals surface area contributed by atoms with Gasteiger partial charge in [0.15, 0.2) is 5.84 Å². The predicted molar refractivity (Wildman–Crippen MR) is 94.0 cm³/mol. The Morgan fingerprint density at radius 3 is 2.92 bits per heavy atom. The highest BCUT2D eigenvalue weighted by Crippen LogP contribution is 2.27. The largest absolute Gasteiger partial charge is 0.377 e. The van der Waals surface area contributed by atoms with Crippen molar-refractivity contribution in [3.63, 3.8) is 0 Å². The van der Waals surface area contributed by atoms with Crippen molar-refractivity contribution >= 4 is 21.8 Å². The molecule has 1 unspecified atom stereocenters. The number of rotatable bonds is 4. The van der Waals surface area contributed by atoms with Gasteiger partial charge in [0.25, 0.3) is 10.0 Å². The van der Waals surface area contributed by atoms with E-state index in [-0.39, 0.29) is 23.5 Å². The van der Waals surface area contributed by atoms with E-state index in [0.29, 0.717) is 31.1 Å². The summed E-state index contributed by atoms with van der Waals surface area (Å²) in [6.07, 6.45) is 1.96. The molecule has 1 saturated heterocycles. The van der Waals surface area contributed by atoms with E-state index in [4.69, 9.17) is 4.74 Å². The lowest BCUT2D eigenvalue weighted by Gasteiger charge is -2.33. The molecule has 1 amide bonds. The molecule has 0 aliphatic carbocycles. The summed E-state index contributed by atoms with van der Waals surface area (Å²) in [7, 11) is -1.98. The minimum Gasteiger partial charge on any atom is -0.377 e. The standard InChI is InChI=1S/C17H23N3O4S/c1-3-24-13-7-6-10-20(11-13)16(21)12-19(2)17-14-8-4-5-9-15(14)25(22,23)18-17/h4-5,8-9,13H,3,6-7,10-12H2,1-2H3. The van der Waals surface area contributed by atoms with E-state index in [0.717, 1.165) is 12.8 Å². The van der Waals surface area contributed by atoms with Crippen LogP contribution in [0.2, 0.25) is 0 Å². The maximum atomic E-state index is 12.6. The van der Waals surface area contributed by atoms with E-state index < -0.39 is 10.0 Å². The van der Waals surface area contributed by atoms with E-state index in [1.807, 2.05) is 6.92 Å². The van der Waals surface area contributed by atoms with Crippen LogP contribution in [0.15, 0.2) is 33.6 Å². The number of sulfonamides is 1. The molecule has 2 aliphatic rings. The van der Waals surface area contributed by atoms with Gasteiger partial charge in [0.1, 0.15) is 4.90 Å². The summed E-state index contributed by atoms with van der Waals surface area (Å²) in [5, 5.41) is 0. The molecule has 8 heteroatoms. The summed E-state index contributed by atoms with van der Waals surface area (Å²) in [6, 6.07) is 6.68. The molecule has 1 aromatic carbocycles. The average molecular weight is 365 g/mol. The SMILES string of the molecule is CCOC1CCCN(C(=O)CN(C)C2=NS(=O)(=O)c3ccccc32)C1. The summed E-state index contributed by atoms with van der Waals surface area (Å²) in [5.41, 5.74) is 0.545. The Morgan fingerprint density at radius 2 is 2.16 bits per heavy atom. The molecule has 1 fully saturated rings. The number of amides is 1. The Kier molecular flexibility index (Phi) is 5.10. The van der Waals surface area contributed by atoms with Gasteiger partial charge < -0.3 is 14.5 Å². The number of benzene rings is 1. The van der Waals surface area contributed by atoms with E-state index >= 15 is 0 Å². The van der Waals surface area contributed by atoms with Gasteiger partial charge in [-0.3, -0.25) is 4.79 Å². The Morgan fingerprint density at radius 1 is 1.40 bits per heavy atom. The molecule has 2 aliphatic heterocycles. The van der Waals surface area contributed by atoms with Gasteiger partial charge in [0.2, 0.25) is 5.91 Å². The molecular weight excluding hydrogens is 342 g/mol. The van der Waals surface area contributed by atoms with Crippen molar-refractivity contribution in [3.8, 4) is 0 Å². The van der Waals surface area contributed by atoms with Gasteiger partial charge in [-0.1, -0.05) is 12.1 Å². The number of carbonyl (C=O) groups is 1. The third kappa shape index (κ3) is 3.69. The molecule has 136 valence electrons. The first kappa shape index (κ1) is 17.9. The molecule has 0 spiro atoms. The fourth-order valence-electron chi connectivity index (χ4n) is 3.28. The van der Waals surface area contributed by atoms with Crippen molar-refractivity contribution in [1.82, 2.24) is 9.80 Å². The Bertz CT molecular complexity index is 789. The Labute approximate surface area is 148 Å². The summed E-state index contributed by atoms with van der Waals surface area (Å²) < 4.78 is 33.8. The van der Waals surface area contributed by atoms with E-state index in [1.165, 1.54) is 6.07 Å². The minimum absolute atomic E-state index is 0.0450. The number of likely N-dealkylation sites (N-methyl/N-ethyl adjacent to an activating group) is 1.